The molecule has 0 heterocycles. The van der Waals surface area contributed by atoms with Gasteiger partial charge in [-0.3, -0.25) is 0 Å². The maximum absolute atomic E-state index is 5.79. The quantitative estimate of drug-likeness (QED) is 0.516. The molecule has 0 spiro atoms. The fourth-order valence-corrected chi connectivity index (χ4v) is 2.29. The van der Waals surface area contributed by atoms with Gasteiger partial charge in [0.05, 0.1) is 6.10 Å². The Balaban J connectivity index is 2.09. The fourth-order valence-electron chi connectivity index (χ4n) is 2.29. The van der Waals surface area contributed by atoms with Crippen LogP contribution in [0.25, 0.3) is 0 Å². The molecule has 0 bridgehead atoms. The van der Waals surface area contributed by atoms with E-state index in [1.807, 2.05) is 0 Å². The van der Waals surface area contributed by atoms with Crippen LogP contribution in [0.2, 0.25) is 0 Å². The highest BCUT2D eigenvalue weighted by Crippen LogP contribution is 2.18. The zero-order chi connectivity index (χ0) is 11.5. The Kier molecular flexibility index (Phi) is 8.83. The van der Waals surface area contributed by atoms with Crippen molar-refractivity contribution in [2.45, 2.75) is 77.2 Å². The van der Waals surface area contributed by atoms with Crippen LogP contribution in [0.5, 0.6) is 0 Å². The number of hydrogen-bond donors (Lipinski definition) is 0. The highest BCUT2D eigenvalue weighted by Gasteiger charge is 2.10. The molecule has 0 aromatic heterocycles. The van der Waals surface area contributed by atoms with Gasteiger partial charge in [0.1, 0.15) is 6.79 Å². The van der Waals surface area contributed by atoms with Gasteiger partial charge in [-0.2, -0.15) is 0 Å². The van der Waals surface area contributed by atoms with Gasteiger partial charge in [0.2, 0.25) is 0 Å². The molecule has 1 fully saturated rings. The summed E-state index contributed by atoms with van der Waals surface area (Å²) in [5, 5.41) is 0. The Hall–Kier alpha value is -0.0800. The number of rotatable bonds is 5. The molecule has 16 heavy (non-hydrogen) atoms. The molecule has 1 aliphatic carbocycles. The van der Waals surface area contributed by atoms with E-state index in [0.717, 1.165) is 13.0 Å². The van der Waals surface area contributed by atoms with Gasteiger partial charge in [-0.05, 0) is 19.3 Å². The highest BCUT2D eigenvalue weighted by molar-refractivity contribution is 4.61. The normalized spacial score (nSPS) is 20.8. The van der Waals surface area contributed by atoms with Crippen molar-refractivity contribution in [1.82, 2.24) is 0 Å². The Bertz CT molecular complexity index is 138. The van der Waals surface area contributed by atoms with Crippen molar-refractivity contribution in [3.05, 3.63) is 0 Å². The van der Waals surface area contributed by atoms with Gasteiger partial charge in [0, 0.05) is 6.61 Å². The molecule has 1 saturated carbocycles. The maximum atomic E-state index is 5.79. The lowest BCUT2D eigenvalue weighted by Crippen LogP contribution is -2.16. The van der Waals surface area contributed by atoms with Crippen LogP contribution >= 0.6 is 0 Å². The second-order valence-electron chi connectivity index (χ2n) is 4.87. The highest BCUT2D eigenvalue weighted by atomic mass is 16.7. The van der Waals surface area contributed by atoms with Crippen LogP contribution in [0.4, 0.5) is 0 Å². The van der Waals surface area contributed by atoms with Crippen molar-refractivity contribution in [2.24, 2.45) is 0 Å². The van der Waals surface area contributed by atoms with E-state index in [0.29, 0.717) is 12.9 Å². The van der Waals surface area contributed by atoms with Crippen molar-refractivity contribution in [1.29, 1.82) is 0 Å². The van der Waals surface area contributed by atoms with Crippen LogP contribution in [0.15, 0.2) is 0 Å². The Labute approximate surface area is 101 Å². The zero-order valence-electron chi connectivity index (χ0n) is 10.9. The molecule has 0 N–H and O–H groups in total. The van der Waals surface area contributed by atoms with Crippen LogP contribution in [0, 0.1) is 0 Å². The van der Waals surface area contributed by atoms with E-state index < -0.39 is 0 Å². The van der Waals surface area contributed by atoms with Gasteiger partial charge in [0.15, 0.2) is 0 Å². The Morgan fingerprint density at radius 3 is 2.00 bits per heavy atom. The second-order valence-corrected chi connectivity index (χ2v) is 4.87. The zero-order valence-corrected chi connectivity index (χ0v) is 10.9. The van der Waals surface area contributed by atoms with Crippen molar-refractivity contribution in [2.75, 3.05) is 13.4 Å². The summed E-state index contributed by atoms with van der Waals surface area (Å²) in [6.45, 7) is 3.45. The molecule has 96 valence electrons. The molecule has 0 amide bonds. The summed E-state index contributed by atoms with van der Waals surface area (Å²) in [6.07, 6.45) is 13.7. The Morgan fingerprint density at radius 2 is 1.44 bits per heavy atom. The molecule has 0 atom stereocenters. The van der Waals surface area contributed by atoms with E-state index in [2.05, 4.69) is 6.92 Å². The van der Waals surface area contributed by atoms with Gasteiger partial charge in [-0.25, -0.2) is 0 Å². The largest absolute Gasteiger partial charge is 0.355 e. The summed E-state index contributed by atoms with van der Waals surface area (Å²) in [5.41, 5.74) is 0. The third kappa shape index (κ3) is 7.24. The van der Waals surface area contributed by atoms with Crippen molar-refractivity contribution >= 4 is 0 Å². The van der Waals surface area contributed by atoms with E-state index in [1.54, 1.807) is 0 Å². The summed E-state index contributed by atoms with van der Waals surface area (Å²) in [5.74, 6) is 0. The average Bonchev–Trinajstić information content (AvgIpc) is 2.32. The predicted molar refractivity (Wildman–Crippen MR) is 67.5 cm³/mol. The molecular formula is C14H28O2. The first-order valence-corrected chi connectivity index (χ1v) is 7.13. The van der Waals surface area contributed by atoms with Crippen molar-refractivity contribution < 1.29 is 9.47 Å². The second kappa shape index (κ2) is 10.1. The van der Waals surface area contributed by atoms with Gasteiger partial charge >= 0.3 is 0 Å². The minimum Gasteiger partial charge on any atom is -0.355 e. The molecule has 0 aromatic rings. The SMILES string of the molecule is CCCOCOC1CCCCCCCCC1. The summed E-state index contributed by atoms with van der Waals surface area (Å²) in [6, 6.07) is 0. The molecule has 0 aliphatic heterocycles. The molecule has 1 aliphatic rings. The Morgan fingerprint density at radius 1 is 0.875 bits per heavy atom. The molecule has 0 unspecified atom stereocenters. The van der Waals surface area contributed by atoms with Gasteiger partial charge in [-0.15, -0.1) is 0 Å². The fraction of sp³-hybridized carbons (Fsp3) is 1.00. The van der Waals surface area contributed by atoms with E-state index in [4.69, 9.17) is 9.47 Å². The van der Waals surface area contributed by atoms with Gasteiger partial charge < -0.3 is 9.47 Å². The molecule has 2 heteroatoms. The summed E-state index contributed by atoms with van der Waals surface area (Å²) < 4.78 is 11.2. The standard InChI is InChI=1S/C14H28O2/c1-2-12-15-13-16-14-10-8-6-4-3-5-7-9-11-14/h14H,2-13H2,1H3. The summed E-state index contributed by atoms with van der Waals surface area (Å²) in [4.78, 5) is 0. The van der Waals surface area contributed by atoms with Crippen LogP contribution in [0.1, 0.15) is 71.1 Å². The summed E-state index contributed by atoms with van der Waals surface area (Å²) >= 11 is 0. The first-order valence-electron chi connectivity index (χ1n) is 7.13. The van der Waals surface area contributed by atoms with Gasteiger partial charge in [0.25, 0.3) is 0 Å². The van der Waals surface area contributed by atoms with Crippen molar-refractivity contribution in [3.8, 4) is 0 Å². The van der Waals surface area contributed by atoms with Crippen LogP contribution < -0.4 is 0 Å². The van der Waals surface area contributed by atoms with E-state index in [-0.39, 0.29) is 0 Å². The van der Waals surface area contributed by atoms with Crippen LogP contribution in [-0.2, 0) is 9.47 Å². The van der Waals surface area contributed by atoms with Crippen molar-refractivity contribution in [3.63, 3.8) is 0 Å². The molecular weight excluding hydrogens is 200 g/mol. The molecule has 0 saturated heterocycles. The lowest BCUT2D eigenvalue weighted by Gasteiger charge is -2.19. The van der Waals surface area contributed by atoms with Gasteiger partial charge in [-0.1, -0.05) is 51.9 Å². The van der Waals surface area contributed by atoms with E-state index in [1.165, 1.54) is 57.8 Å². The maximum Gasteiger partial charge on any atom is 0.147 e. The number of ether oxygens (including phenoxy) is 2. The molecule has 2 nitrogen and oxygen atoms in total. The van der Waals surface area contributed by atoms with Crippen LogP contribution in [-0.4, -0.2) is 19.5 Å². The predicted octanol–water partition coefficient (Wildman–Crippen LogP) is 4.28. The number of hydrogen-bond acceptors (Lipinski definition) is 2. The smallest absolute Gasteiger partial charge is 0.147 e. The monoisotopic (exact) mass is 228 g/mol. The average molecular weight is 228 g/mol. The third-order valence-corrected chi connectivity index (χ3v) is 3.29. The molecule has 0 aromatic carbocycles. The lowest BCUT2D eigenvalue weighted by atomic mass is 9.99. The van der Waals surface area contributed by atoms with E-state index >= 15 is 0 Å². The minimum atomic E-state index is 0.454. The molecule has 0 radical (unpaired) electrons. The topological polar surface area (TPSA) is 18.5 Å². The van der Waals surface area contributed by atoms with Crippen LogP contribution in [0.3, 0.4) is 0 Å². The first-order chi connectivity index (χ1) is 7.93. The van der Waals surface area contributed by atoms with E-state index in [9.17, 15) is 0 Å². The lowest BCUT2D eigenvalue weighted by molar-refractivity contribution is -0.0945. The molecule has 1 rings (SSSR count). The third-order valence-electron chi connectivity index (χ3n) is 3.29. The first kappa shape index (κ1) is 14.0. The minimum absolute atomic E-state index is 0.454. The summed E-state index contributed by atoms with van der Waals surface area (Å²) in [7, 11) is 0.